The van der Waals surface area contributed by atoms with Gasteiger partial charge in [0, 0.05) is 17.7 Å². The number of carboxylic acids is 1. The highest BCUT2D eigenvalue weighted by Crippen LogP contribution is 2.25. The van der Waals surface area contributed by atoms with Gasteiger partial charge in [0.05, 0.1) is 11.3 Å². The fourth-order valence-corrected chi connectivity index (χ4v) is 2.00. The van der Waals surface area contributed by atoms with Crippen LogP contribution in [-0.4, -0.2) is 34.1 Å². The summed E-state index contributed by atoms with van der Waals surface area (Å²) >= 11 is 0. The molecule has 21 heavy (non-hydrogen) atoms. The van der Waals surface area contributed by atoms with Crippen molar-refractivity contribution in [3.8, 4) is 0 Å². The normalized spacial score (nSPS) is 13.9. The van der Waals surface area contributed by atoms with Crippen molar-refractivity contribution in [3.05, 3.63) is 56.9 Å². The van der Waals surface area contributed by atoms with Crippen LogP contribution in [0.2, 0.25) is 0 Å². The van der Waals surface area contributed by atoms with Crippen molar-refractivity contribution >= 4 is 17.5 Å². The molecule has 2 N–H and O–H groups in total. The zero-order valence-electron chi connectivity index (χ0n) is 10.7. The van der Waals surface area contributed by atoms with E-state index in [1.54, 1.807) is 0 Å². The van der Waals surface area contributed by atoms with Crippen LogP contribution in [0.25, 0.3) is 0 Å². The molecule has 0 heterocycles. The van der Waals surface area contributed by atoms with Crippen LogP contribution in [0, 0.1) is 10.1 Å². The number of hydrogen-bond donors (Lipinski definition) is 2. The number of nitrogens with one attached hydrogen (secondary N) is 1. The van der Waals surface area contributed by atoms with Gasteiger partial charge in [0.1, 0.15) is 0 Å². The highest BCUT2D eigenvalue weighted by Gasteiger charge is 2.39. The van der Waals surface area contributed by atoms with Crippen LogP contribution in [0.1, 0.15) is 27.1 Å². The van der Waals surface area contributed by atoms with Gasteiger partial charge in [0.15, 0.2) is 5.70 Å². The highest BCUT2D eigenvalue weighted by atomic mass is 16.6. The van der Waals surface area contributed by atoms with Gasteiger partial charge >= 0.3 is 11.7 Å². The van der Waals surface area contributed by atoms with Gasteiger partial charge in [-0.15, -0.1) is 0 Å². The molecule has 0 spiro atoms. The van der Waals surface area contributed by atoms with E-state index in [9.17, 15) is 24.5 Å². The lowest BCUT2D eigenvalue weighted by Gasteiger charge is -2.16. The van der Waals surface area contributed by atoms with Crippen LogP contribution in [-0.2, 0) is 4.79 Å². The number of carboxylic acid groups (broad SMARTS) is 1. The number of aliphatic carboxylic acids is 1. The zero-order chi connectivity index (χ0) is 15.6. The Morgan fingerprint density at radius 3 is 2.29 bits per heavy atom. The number of ketones is 2. The smallest absolute Gasteiger partial charge is 0.343 e. The molecule has 0 bridgehead atoms. The van der Waals surface area contributed by atoms with Crippen molar-refractivity contribution in [1.82, 2.24) is 5.32 Å². The first-order valence-corrected chi connectivity index (χ1v) is 5.96. The molecule has 8 heteroatoms. The van der Waals surface area contributed by atoms with E-state index >= 15 is 0 Å². The maximum Gasteiger partial charge on any atom is 0.343 e. The van der Waals surface area contributed by atoms with Crippen LogP contribution >= 0.6 is 0 Å². The maximum absolute atomic E-state index is 12.2. The number of Topliss-reactive ketones (excluding diaryl/α,β-unsaturated/α-hetero) is 2. The van der Waals surface area contributed by atoms with E-state index < -0.39 is 33.9 Å². The van der Waals surface area contributed by atoms with Gasteiger partial charge < -0.3 is 10.4 Å². The number of rotatable bonds is 5. The standard InChI is InChI=1S/C13H10N2O6/c16-9(17)5-6-14-10-11(15(20)21)13(19)8-4-2-1-3-7(8)12(10)18/h1-4,14H,5-6H2,(H,16,17). The molecule has 1 aliphatic carbocycles. The summed E-state index contributed by atoms with van der Waals surface area (Å²) in [5.41, 5.74) is -1.29. The fourth-order valence-electron chi connectivity index (χ4n) is 2.00. The Hall–Kier alpha value is -3.03. The minimum Gasteiger partial charge on any atom is -0.481 e. The van der Waals surface area contributed by atoms with Crippen molar-refractivity contribution in [2.45, 2.75) is 6.42 Å². The first-order chi connectivity index (χ1) is 9.93. The van der Waals surface area contributed by atoms with E-state index in [2.05, 4.69) is 5.32 Å². The van der Waals surface area contributed by atoms with Crippen molar-refractivity contribution in [2.24, 2.45) is 0 Å². The number of nitrogens with zero attached hydrogens (tertiary/aromatic N) is 1. The minimum absolute atomic E-state index is 0.0296. The Morgan fingerprint density at radius 2 is 1.76 bits per heavy atom. The van der Waals surface area contributed by atoms with Crippen molar-refractivity contribution < 1.29 is 24.4 Å². The van der Waals surface area contributed by atoms with E-state index in [-0.39, 0.29) is 24.1 Å². The fraction of sp³-hybridized carbons (Fsp3) is 0.154. The molecule has 0 saturated heterocycles. The van der Waals surface area contributed by atoms with Crippen LogP contribution in [0.15, 0.2) is 35.7 Å². The average Bonchev–Trinajstić information content (AvgIpc) is 2.43. The van der Waals surface area contributed by atoms with Gasteiger partial charge in [-0.3, -0.25) is 24.5 Å². The van der Waals surface area contributed by atoms with Gasteiger partial charge in [-0.1, -0.05) is 24.3 Å². The lowest BCUT2D eigenvalue weighted by Crippen LogP contribution is -2.34. The van der Waals surface area contributed by atoms with Crippen LogP contribution in [0.5, 0.6) is 0 Å². The maximum atomic E-state index is 12.2. The molecular formula is C13H10N2O6. The molecule has 8 nitrogen and oxygen atoms in total. The summed E-state index contributed by atoms with van der Waals surface area (Å²) in [5, 5.41) is 22.0. The third-order valence-electron chi connectivity index (χ3n) is 2.92. The molecule has 1 aliphatic rings. The third-order valence-corrected chi connectivity index (χ3v) is 2.92. The average molecular weight is 290 g/mol. The zero-order valence-corrected chi connectivity index (χ0v) is 10.7. The number of carbonyl (C=O) groups is 3. The molecule has 0 atom stereocenters. The second-order valence-electron chi connectivity index (χ2n) is 4.26. The number of allylic oxidation sites excluding steroid dienone is 2. The first kappa shape index (κ1) is 14.4. The predicted molar refractivity (Wildman–Crippen MR) is 69.4 cm³/mol. The molecule has 0 fully saturated rings. The number of fused-ring (bicyclic) bond motifs is 1. The number of nitro groups is 1. The largest absolute Gasteiger partial charge is 0.481 e. The highest BCUT2D eigenvalue weighted by molar-refractivity contribution is 6.25. The van der Waals surface area contributed by atoms with Gasteiger partial charge in [0.2, 0.25) is 5.78 Å². The van der Waals surface area contributed by atoms with Gasteiger partial charge in [0.25, 0.3) is 5.78 Å². The van der Waals surface area contributed by atoms with Crippen molar-refractivity contribution in [3.63, 3.8) is 0 Å². The quantitative estimate of drug-likeness (QED) is 0.601. The van der Waals surface area contributed by atoms with Crippen LogP contribution in [0.3, 0.4) is 0 Å². The van der Waals surface area contributed by atoms with Gasteiger partial charge in [-0.25, -0.2) is 0 Å². The van der Waals surface area contributed by atoms with Gasteiger partial charge in [-0.05, 0) is 0 Å². The van der Waals surface area contributed by atoms with Crippen LogP contribution in [0.4, 0.5) is 0 Å². The Labute approximate surface area is 118 Å². The molecule has 0 amide bonds. The van der Waals surface area contributed by atoms with E-state index in [1.807, 2.05) is 0 Å². The Bertz CT molecular complexity index is 692. The SMILES string of the molecule is O=C(O)CCNC1=C([N+](=O)[O-])C(=O)c2ccccc2C1=O. The summed E-state index contributed by atoms with van der Waals surface area (Å²) < 4.78 is 0. The van der Waals surface area contributed by atoms with E-state index in [0.29, 0.717) is 0 Å². The molecule has 2 rings (SSSR count). The third kappa shape index (κ3) is 2.64. The molecule has 1 aromatic carbocycles. The molecule has 0 unspecified atom stereocenters. The minimum atomic E-state index is -1.12. The summed E-state index contributed by atoms with van der Waals surface area (Å²) in [7, 11) is 0. The number of carbonyl (C=O) groups excluding carboxylic acids is 2. The molecule has 0 aromatic heterocycles. The van der Waals surface area contributed by atoms with Crippen molar-refractivity contribution in [2.75, 3.05) is 6.54 Å². The van der Waals surface area contributed by atoms with Crippen molar-refractivity contribution in [1.29, 1.82) is 0 Å². The summed E-state index contributed by atoms with van der Waals surface area (Å²) in [5.74, 6) is -2.68. The summed E-state index contributed by atoms with van der Waals surface area (Å²) in [4.78, 5) is 44.9. The summed E-state index contributed by atoms with van der Waals surface area (Å²) in [6, 6.07) is 5.78. The molecule has 0 saturated carbocycles. The van der Waals surface area contributed by atoms with E-state index in [4.69, 9.17) is 5.11 Å². The van der Waals surface area contributed by atoms with E-state index in [1.165, 1.54) is 24.3 Å². The second-order valence-corrected chi connectivity index (χ2v) is 4.26. The van der Waals surface area contributed by atoms with Gasteiger partial charge in [-0.2, -0.15) is 0 Å². The van der Waals surface area contributed by atoms with E-state index in [0.717, 1.165) is 0 Å². The molecule has 0 radical (unpaired) electrons. The number of benzene rings is 1. The molecule has 0 aliphatic heterocycles. The predicted octanol–water partition coefficient (Wildman–Crippen LogP) is 0.618. The lowest BCUT2D eigenvalue weighted by molar-refractivity contribution is -0.418. The lowest BCUT2D eigenvalue weighted by atomic mass is 9.90. The Morgan fingerprint density at radius 1 is 1.19 bits per heavy atom. The molecular weight excluding hydrogens is 280 g/mol. The Balaban J connectivity index is 2.44. The summed E-state index contributed by atoms with van der Waals surface area (Å²) in [6.07, 6.45) is -0.336. The molecule has 108 valence electrons. The second kappa shape index (κ2) is 5.53. The summed E-state index contributed by atoms with van der Waals surface area (Å²) in [6.45, 7) is -0.191. The van der Waals surface area contributed by atoms with Crippen LogP contribution < -0.4 is 5.32 Å². The first-order valence-electron chi connectivity index (χ1n) is 5.96. The topological polar surface area (TPSA) is 127 Å². The number of hydrogen-bond acceptors (Lipinski definition) is 6. The molecule has 1 aromatic rings. The monoisotopic (exact) mass is 290 g/mol. The Kier molecular flexibility index (Phi) is 3.79.